The molecule has 0 spiro atoms. The molecule has 140 valence electrons. The van der Waals surface area contributed by atoms with E-state index in [1.807, 2.05) is 37.3 Å². The van der Waals surface area contributed by atoms with Gasteiger partial charge in [-0.15, -0.1) is 0 Å². The van der Waals surface area contributed by atoms with Gasteiger partial charge in [-0.3, -0.25) is 14.4 Å². The fraction of sp³-hybridized carbons (Fsp3) is 0.286. The fourth-order valence-electron chi connectivity index (χ4n) is 3.03. The smallest absolute Gasteiger partial charge is 0.228 e. The van der Waals surface area contributed by atoms with E-state index in [2.05, 4.69) is 16.0 Å². The molecule has 6 nitrogen and oxygen atoms in total. The minimum absolute atomic E-state index is 0.0986. The van der Waals surface area contributed by atoms with Gasteiger partial charge in [0.2, 0.25) is 17.7 Å². The summed E-state index contributed by atoms with van der Waals surface area (Å²) in [5.74, 6) is -1.07. The van der Waals surface area contributed by atoms with Crippen LogP contribution in [0.1, 0.15) is 31.9 Å². The van der Waals surface area contributed by atoms with Gasteiger partial charge in [0.25, 0.3) is 0 Å². The standard InChI is InChI=1S/C21H23N3O3/c1-13(15-7-4-3-5-8-15)22-20(26)18-12-19(18)21(27)24-17-10-6-9-16(11-17)23-14(2)25/h3-11,13,18-19H,12H2,1-2H3,(H,22,26)(H,23,25)(H,24,27). The van der Waals surface area contributed by atoms with Gasteiger partial charge in [-0.1, -0.05) is 36.4 Å². The van der Waals surface area contributed by atoms with Crippen molar-refractivity contribution in [1.82, 2.24) is 5.32 Å². The Labute approximate surface area is 158 Å². The van der Waals surface area contributed by atoms with Crippen molar-refractivity contribution in [1.29, 1.82) is 0 Å². The summed E-state index contributed by atoms with van der Waals surface area (Å²) in [6.45, 7) is 3.35. The van der Waals surface area contributed by atoms with E-state index >= 15 is 0 Å². The van der Waals surface area contributed by atoms with Crippen molar-refractivity contribution in [3.05, 3.63) is 60.2 Å². The fourth-order valence-corrected chi connectivity index (χ4v) is 3.03. The molecule has 1 aliphatic rings. The highest BCUT2D eigenvalue weighted by Crippen LogP contribution is 2.40. The van der Waals surface area contributed by atoms with Crippen molar-refractivity contribution in [2.24, 2.45) is 11.8 Å². The average Bonchev–Trinajstić information content (AvgIpc) is 3.43. The largest absolute Gasteiger partial charge is 0.349 e. The van der Waals surface area contributed by atoms with Crippen LogP contribution in [-0.2, 0) is 14.4 Å². The lowest BCUT2D eigenvalue weighted by Crippen LogP contribution is -2.29. The molecule has 2 aromatic rings. The lowest BCUT2D eigenvalue weighted by Gasteiger charge is -2.14. The van der Waals surface area contributed by atoms with Crippen LogP contribution >= 0.6 is 0 Å². The van der Waals surface area contributed by atoms with Crippen LogP contribution in [0.5, 0.6) is 0 Å². The van der Waals surface area contributed by atoms with Gasteiger partial charge in [0.1, 0.15) is 0 Å². The molecule has 0 bridgehead atoms. The molecular formula is C21H23N3O3. The van der Waals surface area contributed by atoms with Gasteiger partial charge in [-0.25, -0.2) is 0 Å². The summed E-state index contributed by atoms with van der Waals surface area (Å²) in [5, 5.41) is 8.46. The molecule has 6 heteroatoms. The zero-order valence-corrected chi connectivity index (χ0v) is 15.4. The van der Waals surface area contributed by atoms with Crippen LogP contribution in [0.25, 0.3) is 0 Å². The Morgan fingerprint density at radius 3 is 2.19 bits per heavy atom. The van der Waals surface area contributed by atoms with Crippen LogP contribution in [0, 0.1) is 11.8 Å². The molecule has 27 heavy (non-hydrogen) atoms. The molecule has 0 heterocycles. The van der Waals surface area contributed by atoms with Crippen molar-refractivity contribution in [3.63, 3.8) is 0 Å². The highest BCUT2D eigenvalue weighted by Gasteiger charge is 2.48. The van der Waals surface area contributed by atoms with Gasteiger partial charge in [0.15, 0.2) is 0 Å². The van der Waals surface area contributed by atoms with E-state index in [0.717, 1.165) is 5.56 Å². The second kappa shape index (κ2) is 8.03. The summed E-state index contributed by atoms with van der Waals surface area (Å²) in [6.07, 6.45) is 0.546. The minimum atomic E-state index is -0.322. The van der Waals surface area contributed by atoms with Crippen LogP contribution in [-0.4, -0.2) is 17.7 Å². The number of carbonyl (C=O) groups is 3. The summed E-state index contributed by atoms with van der Waals surface area (Å²) in [5.41, 5.74) is 2.24. The van der Waals surface area contributed by atoms with Crippen molar-refractivity contribution in [2.45, 2.75) is 26.3 Å². The van der Waals surface area contributed by atoms with Crippen molar-refractivity contribution in [2.75, 3.05) is 10.6 Å². The molecule has 1 saturated carbocycles. The van der Waals surface area contributed by atoms with E-state index in [1.165, 1.54) is 6.92 Å². The summed E-state index contributed by atoms with van der Waals surface area (Å²) >= 11 is 0. The third-order valence-electron chi connectivity index (χ3n) is 4.57. The predicted octanol–water partition coefficient (Wildman–Crippen LogP) is 3.10. The average molecular weight is 365 g/mol. The van der Waals surface area contributed by atoms with Gasteiger partial charge >= 0.3 is 0 Å². The monoisotopic (exact) mass is 365 g/mol. The van der Waals surface area contributed by atoms with E-state index < -0.39 is 0 Å². The van der Waals surface area contributed by atoms with E-state index in [0.29, 0.717) is 17.8 Å². The maximum atomic E-state index is 12.4. The Morgan fingerprint density at radius 1 is 0.889 bits per heavy atom. The molecule has 2 aromatic carbocycles. The molecule has 0 saturated heterocycles. The van der Waals surface area contributed by atoms with Gasteiger partial charge in [0.05, 0.1) is 17.9 Å². The topological polar surface area (TPSA) is 87.3 Å². The number of hydrogen-bond donors (Lipinski definition) is 3. The second-order valence-corrected chi connectivity index (χ2v) is 6.84. The lowest BCUT2D eigenvalue weighted by atomic mass is 10.1. The number of rotatable bonds is 6. The predicted molar refractivity (Wildman–Crippen MR) is 104 cm³/mol. The van der Waals surface area contributed by atoms with Gasteiger partial charge in [-0.05, 0) is 37.1 Å². The third-order valence-corrected chi connectivity index (χ3v) is 4.57. The zero-order valence-electron chi connectivity index (χ0n) is 15.4. The van der Waals surface area contributed by atoms with Crippen LogP contribution < -0.4 is 16.0 Å². The number of benzene rings is 2. The maximum absolute atomic E-state index is 12.4. The second-order valence-electron chi connectivity index (χ2n) is 6.84. The van der Waals surface area contributed by atoms with E-state index in [4.69, 9.17) is 0 Å². The highest BCUT2D eigenvalue weighted by atomic mass is 16.2. The molecule has 1 fully saturated rings. The Kier molecular flexibility index (Phi) is 5.54. The summed E-state index contributed by atoms with van der Waals surface area (Å²) in [7, 11) is 0. The summed E-state index contributed by atoms with van der Waals surface area (Å²) in [6, 6.07) is 16.5. The molecule has 0 aliphatic heterocycles. The first-order valence-electron chi connectivity index (χ1n) is 8.98. The zero-order chi connectivity index (χ0) is 19.4. The Balaban J connectivity index is 1.53. The van der Waals surface area contributed by atoms with Gasteiger partial charge in [-0.2, -0.15) is 0 Å². The molecule has 1 aliphatic carbocycles. The Bertz CT molecular complexity index is 851. The first kappa shape index (κ1) is 18.6. The van der Waals surface area contributed by atoms with Gasteiger partial charge in [0, 0.05) is 18.3 Å². The third kappa shape index (κ3) is 4.94. The van der Waals surface area contributed by atoms with Crippen LogP contribution in [0.15, 0.2) is 54.6 Å². The minimum Gasteiger partial charge on any atom is -0.349 e. The molecular weight excluding hydrogens is 342 g/mol. The Morgan fingerprint density at radius 2 is 1.52 bits per heavy atom. The summed E-state index contributed by atoms with van der Waals surface area (Å²) in [4.78, 5) is 35.9. The summed E-state index contributed by atoms with van der Waals surface area (Å²) < 4.78 is 0. The first-order chi connectivity index (χ1) is 12.9. The SMILES string of the molecule is CC(=O)Nc1cccc(NC(=O)C2CC2C(=O)NC(C)c2ccccc2)c1. The van der Waals surface area contributed by atoms with Crippen molar-refractivity contribution in [3.8, 4) is 0 Å². The number of carbonyl (C=O) groups excluding carboxylic acids is 3. The van der Waals surface area contributed by atoms with Crippen LogP contribution in [0.2, 0.25) is 0 Å². The lowest BCUT2D eigenvalue weighted by molar-refractivity contribution is -0.125. The van der Waals surface area contributed by atoms with Crippen LogP contribution in [0.3, 0.4) is 0 Å². The molecule has 0 radical (unpaired) electrons. The molecule has 0 aromatic heterocycles. The normalized spacial score (nSPS) is 18.9. The van der Waals surface area contributed by atoms with Crippen molar-refractivity contribution >= 4 is 29.1 Å². The number of amides is 3. The van der Waals surface area contributed by atoms with Crippen molar-refractivity contribution < 1.29 is 14.4 Å². The van der Waals surface area contributed by atoms with Crippen LogP contribution in [0.4, 0.5) is 11.4 Å². The van der Waals surface area contributed by atoms with E-state index in [9.17, 15) is 14.4 Å². The highest BCUT2D eigenvalue weighted by molar-refractivity contribution is 6.00. The maximum Gasteiger partial charge on any atom is 0.228 e. The first-order valence-corrected chi connectivity index (χ1v) is 8.98. The molecule has 3 amide bonds. The molecule has 3 N–H and O–H groups in total. The molecule has 3 rings (SSSR count). The van der Waals surface area contributed by atoms with Gasteiger partial charge < -0.3 is 16.0 Å². The number of hydrogen-bond acceptors (Lipinski definition) is 3. The number of nitrogens with one attached hydrogen (secondary N) is 3. The molecule has 3 unspecified atom stereocenters. The quantitative estimate of drug-likeness (QED) is 0.735. The van der Waals surface area contributed by atoms with E-state index in [-0.39, 0.29) is 35.6 Å². The Hall–Kier alpha value is -3.15. The number of anilines is 2. The van der Waals surface area contributed by atoms with E-state index in [1.54, 1.807) is 24.3 Å². The molecule has 3 atom stereocenters.